The van der Waals surface area contributed by atoms with Crippen molar-refractivity contribution in [3.63, 3.8) is 0 Å². The van der Waals surface area contributed by atoms with Gasteiger partial charge in [0.1, 0.15) is 0 Å². The Kier molecular flexibility index (Phi) is 4.53. The first-order chi connectivity index (χ1) is 9.33. The highest BCUT2D eigenvalue weighted by molar-refractivity contribution is 7.99. The molecule has 0 radical (unpaired) electrons. The van der Waals surface area contributed by atoms with Crippen LogP contribution in [-0.4, -0.2) is 65.5 Å². The lowest BCUT2D eigenvalue weighted by atomic mass is 9.85. The molecule has 2 N–H and O–H groups in total. The zero-order valence-corrected chi connectivity index (χ0v) is 12.6. The van der Waals surface area contributed by atoms with E-state index < -0.39 is 0 Å². The van der Waals surface area contributed by atoms with Crippen LogP contribution in [0, 0.1) is 0 Å². The van der Waals surface area contributed by atoms with Crippen LogP contribution < -0.4 is 5.73 Å². The number of hydrogen-bond donors (Lipinski definition) is 1. The predicted octanol–water partition coefficient (Wildman–Crippen LogP) is 1.37. The third-order valence-electron chi connectivity index (χ3n) is 4.65. The number of rotatable bonds is 2. The second-order valence-electron chi connectivity index (χ2n) is 5.96. The van der Waals surface area contributed by atoms with Crippen molar-refractivity contribution in [2.45, 2.75) is 44.2 Å². The first kappa shape index (κ1) is 13.6. The van der Waals surface area contributed by atoms with Crippen molar-refractivity contribution in [2.75, 3.05) is 37.7 Å². The molecule has 0 amide bonds. The molecule has 3 rings (SSSR count). The molecular formula is C14H26N4S. The summed E-state index contributed by atoms with van der Waals surface area (Å²) in [6.45, 7) is 4.75. The maximum Gasteiger partial charge on any atom is 0.191 e. The molecule has 0 atom stereocenters. The fraction of sp³-hybridized carbons (Fsp3) is 0.929. The molecule has 4 nitrogen and oxygen atoms in total. The van der Waals surface area contributed by atoms with Crippen LogP contribution in [0.15, 0.2) is 4.99 Å². The maximum atomic E-state index is 6.14. The zero-order chi connectivity index (χ0) is 13.1. The minimum atomic E-state index is 0.488. The summed E-state index contributed by atoms with van der Waals surface area (Å²) in [4.78, 5) is 9.66. The molecule has 0 aromatic carbocycles. The first-order valence-electron chi connectivity index (χ1n) is 7.73. The van der Waals surface area contributed by atoms with E-state index in [0.29, 0.717) is 6.04 Å². The van der Waals surface area contributed by atoms with E-state index in [1.165, 1.54) is 56.7 Å². The van der Waals surface area contributed by atoms with Gasteiger partial charge in [-0.2, -0.15) is 11.8 Å². The van der Waals surface area contributed by atoms with Crippen molar-refractivity contribution in [3.05, 3.63) is 0 Å². The third kappa shape index (κ3) is 3.37. The van der Waals surface area contributed by atoms with Crippen molar-refractivity contribution < 1.29 is 0 Å². The van der Waals surface area contributed by atoms with Crippen LogP contribution in [0.1, 0.15) is 32.1 Å². The fourth-order valence-corrected chi connectivity index (χ4v) is 4.21. The van der Waals surface area contributed by atoms with E-state index in [4.69, 9.17) is 10.7 Å². The number of aliphatic imine (C=N–C) groups is 1. The zero-order valence-electron chi connectivity index (χ0n) is 11.8. The highest BCUT2D eigenvalue weighted by Gasteiger charge is 2.34. The van der Waals surface area contributed by atoms with Crippen molar-refractivity contribution in [3.8, 4) is 0 Å². The van der Waals surface area contributed by atoms with Gasteiger partial charge >= 0.3 is 0 Å². The lowest BCUT2D eigenvalue weighted by Crippen LogP contribution is -2.50. The highest BCUT2D eigenvalue weighted by Crippen LogP contribution is 2.30. The van der Waals surface area contributed by atoms with Gasteiger partial charge in [-0.15, -0.1) is 0 Å². The van der Waals surface area contributed by atoms with Crippen LogP contribution in [-0.2, 0) is 0 Å². The summed E-state index contributed by atoms with van der Waals surface area (Å²) >= 11 is 2.01. The number of nitrogens with two attached hydrogens (primary N) is 1. The van der Waals surface area contributed by atoms with Crippen LogP contribution in [0.5, 0.6) is 0 Å². The molecule has 1 saturated carbocycles. The van der Waals surface area contributed by atoms with Gasteiger partial charge < -0.3 is 15.5 Å². The number of piperidine rings is 1. The van der Waals surface area contributed by atoms with E-state index in [2.05, 4.69) is 9.80 Å². The summed E-state index contributed by atoms with van der Waals surface area (Å²) in [7, 11) is 0. The molecule has 2 aliphatic heterocycles. The quantitative estimate of drug-likeness (QED) is 0.614. The molecule has 19 heavy (non-hydrogen) atoms. The standard InChI is InChI=1S/C14H26N4S/c15-14(18-6-8-19-9-7-18)16-12-10-13(11-12)17-4-2-1-3-5-17/h12-13H,1-11H2,(H2,15,16). The van der Waals surface area contributed by atoms with Crippen LogP contribution in [0.25, 0.3) is 0 Å². The Morgan fingerprint density at radius 1 is 1.00 bits per heavy atom. The number of guanidine groups is 1. The summed E-state index contributed by atoms with van der Waals surface area (Å²) in [6, 6.07) is 1.28. The van der Waals surface area contributed by atoms with E-state index in [0.717, 1.165) is 25.1 Å². The molecule has 0 aromatic heterocycles. The molecule has 5 heteroatoms. The van der Waals surface area contributed by atoms with Crippen molar-refractivity contribution in [2.24, 2.45) is 10.7 Å². The van der Waals surface area contributed by atoms with Gasteiger partial charge in [0.2, 0.25) is 0 Å². The summed E-state index contributed by atoms with van der Waals surface area (Å²) in [5.74, 6) is 3.18. The molecule has 3 aliphatic rings. The highest BCUT2D eigenvalue weighted by atomic mass is 32.2. The summed E-state index contributed by atoms with van der Waals surface area (Å²) in [5, 5.41) is 0. The van der Waals surface area contributed by atoms with Gasteiger partial charge in [-0.05, 0) is 38.8 Å². The number of likely N-dealkylation sites (tertiary alicyclic amines) is 1. The van der Waals surface area contributed by atoms with Gasteiger partial charge in [-0.1, -0.05) is 6.42 Å². The minimum Gasteiger partial charge on any atom is -0.370 e. The Balaban J connectivity index is 1.44. The Morgan fingerprint density at radius 2 is 1.68 bits per heavy atom. The molecule has 108 valence electrons. The molecular weight excluding hydrogens is 256 g/mol. The monoisotopic (exact) mass is 282 g/mol. The van der Waals surface area contributed by atoms with Crippen LogP contribution in [0.2, 0.25) is 0 Å². The second-order valence-corrected chi connectivity index (χ2v) is 7.19. The van der Waals surface area contributed by atoms with Gasteiger partial charge in [0.05, 0.1) is 6.04 Å². The molecule has 0 unspecified atom stereocenters. The lowest BCUT2D eigenvalue weighted by Gasteiger charge is -2.43. The van der Waals surface area contributed by atoms with Crippen LogP contribution >= 0.6 is 11.8 Å². The van der Waals surface area contributed by atoms with Gasteiger partial charge in [0.25, 0.3) is 0 Å². The van der Waals surface area contributed by atoms with Crippen molar-refractivity contribution >= 4 is 17.7 Å². The Bertz CT molecular complexity index is 315. The first-order valence-corrected chi connectivity index (χ1v) is 8.88. The molecule has 2 saturated heterocycles. The summed E-state index contributed by atoms with van der Waals surface area (Å²) in [5.41, 5.74) is 6.14. The van der Waals surface area contributed by atoms with Gasteiger partial charge in [-0.3, -0.25) is 0 Å². The average molecular weight is 282 g/mol. The molecule has 0 aromatic rings. The topological polar surface area (TPSA) is 44.9 Å². The van der Waals surface area contributed by atoms with E-state index >= 15 is 0 Å². The Hall–Kier alpha value is -0.420. The Morgan fingerprint density at radius 3 is 2.37 bits per heavy atom. The SMILES string of the molecule is NC(=NC1CC(N2CCCCC2)C1)N1CCSCC1. The lowest BCUT2D eigenvalue weighted by molar-refractivity contribution is 0.0908. The molecule has 2 heterocycles. The number of nitrogens with zero attached hydrogens (tertiary/aromatic N) is 3. The van der Waals surface area contributed by atoms with E-state index in [1.54, 1.807) is 0 Å². The van der Waals surface area contributed by atoms with E-state index in [1.807, 2.05) is 11.8 Å². The van der Waals surface area contributed by atoms with Crippen LogP contribution in [0.4, 0.5) is 0 Å². The van der Waals surface area contributed by atoms with Gasteiger partial charge in [0, 0.05) is 30.6 Å². The van der Waals surface area contributed by atoms with Crippen LogP contribution in [0.3, 0.4) is 0 Å². The fourth-order valence-electron chi connectivity index (χ4n) is 3.31. The largest absolute Gasteiger partial charge is 0.370 e. The number of hydrogen-bond acceptors (Lipinski definition) is 3. The van der Waals surface area contributed by atoms with E-state index in [9.17, 15) is 0 Å². The average Bonchev–Trinajstić information content (AvgIpc) is 2.44. The minimum absolute atomic E-state index is 0.488. The predicted molar refractivity (Wildman–Crippen MR) is 82.8 cm³/mol. The summed E-state index contributed by atoms with van der Waals surface area (Å²) in [6.07, 6.45) is 6.65. The van der Waals surface area contributed by atoms with Gasteiger partial charge in [0.15, 0.2) is 5.96 Å². The van der Waals surface area contributed by atoms with Crippen molar-refractivity contribution in [1.29, 1.82) is 0 Å². The van der Waals surface area contributed by atoms with Crippen molar-refractivity contribution in [1.82, 2.24) is 9.80 Å². The Labute approximate surface area is 120 Å². The van der Waals surface area contributed by atoms with Gasteiger partial charge in [-0.25, -0.2) is 4.99 Å². The number of thioether (sulfide) groups is 1. The third-order valence-corrected chi connectivity index (χ3v) is 5.59. The molecule has 0 bridgehead atoms. The smallest absolute Gasteiger partial charge is 0.191 e. The summed E-state index contributed by atoms with van der Waals surface area (Å²) < 4.78 is 0. The normalized spacial score (nSPS) is 34.1. The molecule has 1 aliphatic carbocycles. The maximum absolute atomic E-state index is 6.14. The van der Waals surface area contributed by atoms with E-state index in [-0.39, 0.29) is 0 Å². The molecule has 0 spiro atoms. The molecule has 3 fully saturated rings. The second kappa shape index (κ2) is 6.35.